The summed E-state index contributed by atoms with van der Waals surface area (Å²) in [5, 5.41) is 6.65. The van der Waals surface area contributed by atoms with Crippen molar-refractivity contribution < 1.29 is 13.5 Å². The number of nitrogens with two attached hydrogens (primary N) is 1. The zero-order chi connectivity index (χ0) is 31.2. The van der Waals surface area contributed by atoms with Crippen LogP contribution in [0.25, 0.3) is 43.5 Å². The van der Waals surface area contributed by atoms with Gasteiger partial charge in [0.15, 0.2) is 5.65 Å². The lowest BCUT2D eigenvalue weighted by Crippen LogP contribution is -2.43. The van der Waals surface area contributed by atoms with Gasteiger partial charge in [-0.2, -0.15) is 5.10 Å². The van der Waals surface area contributed by atoms with Crippen molar-refractivity contribution in [2.45, 2.75) is 19.5 Å². The van der Waals surface area contributed by atoms with E-state index in [1.807, 2.05) is 25.1 Å². The Labute approximate surface area is 262 Å². The van der Waals surface area contributed by atoms with Crippen molar-refractivity contribution in [3.05, 3.63) is 87.8 Å². The lowest BCUT2D eigenvalue weighted by atomic mass is 10.0. The number of nitrogen functional groups attached to an aromatic ring is 1. The molecule has 230 valence electrons. The molecule has 0 aliphatic carbocycles. The molecule has 2 N–H and O–H groups in total. The SMILES string of the molecule is COc1cc(F)cc(-c2nn(C(C)c3oc(=O)c4ccccc4c3-c3ccc(CN4CCN(C)CC4)s3)c3ncnc(N)c23)c1. The highest BCUT2D eigenvalue weighted by molar-refractivity contribution is 7.15. The van der Waals surface area contributed by atoms with Gasteiger partial charge in [0, 0.05) is 65.1 Å². The number of nitrogens with zero attached hydrogens (tertiary/aromatic N) is 6. The van der Waals surface area contributed by atoms with Gasteiger partial charge in [0.1, 0.15) is 41.2 Å². The molecule has 12 heteroatoms. The Morgan fingerprint density at radius 2 is 1.84 bits per heavy atom. The number of anilines is 1. The number of likely N-dealkylation sites (N-methyl/N-ethyl adjacent to an activating group) is 1. The molecule has 0 radical (unpaired) electrons. The Morgan fingerprint density at radius 3 is 2.62 bits per heavy atom. The van der Waals surface area contributed by atoms with E-state index in [-0.39, 0.29) is 5.82 Å². The van der Waals surface area contributed by atoms with Crippen molar-refractivity contribution >= 4 is 39.0 Å². The van der Waals surface area contributed by atoms with Crippen molar-refractivity contribution in [1.29, 1.82) is 0 Å². The van der Waals surface area contributed by atoms with Gasteiger partial charge in [0.2, 0.25) is 0 Å². The van der Waals surface area contributed by atoms with Crippen LogP contribution in [0.4, 0.5) is 10.2 Å². The summed E-state index contributed by atoms with van der Waals surface area (Å²) in [5.74, 6) is 0.493. The zero-order valence-electron chi connectivity index (χ0n) is 25.2. The number of fused-ring (bicyclic) bond motifs is 2. The number of hydrogen-bond donors (Lipinski definition) is 1. The third kappa shape index (κ3) is 5.34. The van der Waals surface area contributed by atoms with E-state index in [0.717, 1.165) is 48.6 Å². The number of thiophene rings is 1. The zero-order valence-corrected chi connectivity index (χ0v) is 26.0. The maximum Gasteiger partial charge on any atom is 0.343 e. The second kappa shape index (κ2) is 11.7. The van der Waals surface area contributed by atoms with Crippen LogP contribution in [0.5, 0.6) is 5.75 Å². The third-order valence-corrected chi connectivity index (χ3v) is 9.48. The molecule has 0 bridgehead atoms. The molecule has 1 saturated heterocycles. The monoisotopic (exact) mass is 625 g/mol. The molecule has 1 aliphatic heterocycles. The summed E-state index contributed by atoms with van der Waals surface area (Å²) in [4.78, 5) is 29.1. The van der Waals surface area contributed by atoms with Crippen LogP contribution in [0.3, 0.4) is 0 Å². The lowest BCUT2D eigenvalue weighted by Gasteiger charge is -2.31. The molecule has 1 fully saturated rings. The van der Waals surface area contributed by atoms with Crippen LogP contribution in [0.2, 0.25) is 0 Å². The molecule has 2 aromatic carbocycles. The highest BCUT2D eigenvalue weighted by Crippen LogP contribution is 2.41. The van der Waals surface area contributed by atoms with Crippen LogP contribution in [0.15, 0.2) is 70.1 Å². The minimum atomic E-state index is -0.596. The van der Waals surface area contributed by atoms with Gasteiger partial charge in [-0.1, -0.05) is 18.2 Å². The number of hydrogen-bond acceptors (Lipinski definition) is 10. The van der Waals surface area contributed by atoms with Crippen LogP contribution < -0.4 is 16.1 Å². The predicted octanol–water partition coefficient (Wildman–Crippen LogP) is 5.41. The van der Waals surface area contributed by atoms with Gasteiger partial charge in [-0.15, -0.1) is 11.3 Å². The number of aromatic nitrogens is 4. The molecular weight excluding hydrogens is 593 g/mol. The lowest BCUT2D eigenvalue weighted by molar-refractivity contribution is 0.149. The highest BCUT2D eigenvalue weighted by atomic mass is 32.1. The molecule has 0 spiro atoms. The van der Waals surface area contributed by atoms with E-state index in [0.29, 0.717) is 39.2 Å². The van der Waals surface area contributed by atoms with E-state index in [1.165, 1.54) is 30.4 Å². The molecule has 1 atom stereocenters. The van der Waals surface area contributed by atoms with Crippen LogP contribution in [-0.4, -0.2) is 69.9 Å². The van der Waals surface area contributed by atoms with Crippen molar-refractivity contribution in [3.63, 3.8) is 0 Å². The van der Waals surface area contributed by atoms with E-state index in [9.17, 15) is 9.18 Å². The molecule has 45 heavy (non-hydrogen) atoms. The summed E-state index contributed by atoms with van der Waals surface area (Å²) < 4.78 is 27.7. The number of piperazine rings is 1. The van der Waals surface area contributed by atoms with Gasteiger partial charge in [-0.3, -0.25) is 4.90 Å². The van der Waals surface area contributed by atoms with E-state index in [2.05, 4.69) is 38.9 Å². The van der Waals surface area contributed by atoms with E-state index in [1.54, 1.807) is 28.2 Å². The van der Waals surface area contributed by atoms with Gasteiger partial charge >= 0.3 is 5.63 Å². The summed E-state index contributed by atoms with van der Waals surface area (Å²) in [5.41, 5.74) is 8.02. The normalized spacial score (nSPS) is 15.2. The van der Waals surface area contributed by atoms with Crippen molar-refractivity contribution in [3.8, 4) is 27.4 Å². The quantitative estimate of drug-likeness (QED) is 0.249. The van der Waals surface area contributed by atoms with Gasteiger partial charge in [-0.25, -0.2) is 23.8 Å². The summed E-state index contributed by atoms with van der Waals surface area (Å²) in [6, 6.07) is 15.5. The van der Waals surface area contributed by atoms with Crippen LogP contribution in [0.1, 0.15) is 23.6 Å². The first-order chi connectivity index (χ1) is 21.8. The average molecular weight is 626 g/mol. The minimum absolute atomic E-state index is 0.198. The number of ether oxygens (including phenoxy) is 1. The molecule has 10 nitrogen and oxygen atoms in total. The minimum Gasteiger partial charge on any atom is -0.497 e. The number of methoxy groups -OCH3 is 1. The smallest absolute Gasteiger partial charge is 0.343 e. The van der Waals surface area contributed by atoms with Crippen LogP contribution in [-0.2, 0) is 6.54 Å². The van der Waals surface area contributed by atoms with Gasteiger partial charge in [0.05, 0.1) is 17.9 Å². The molecule has 5 heterocycles. The van der Waals surface area contributed by atoms with Crippen molar-refractivity contribution in [2.24, 2.45) is 0 Å². The average Bonchev–Trinajstić information content (AvgIpc) is 3.67. The second-order valence-electron chi connectivity index (χ2n) is 11.3. The fourth-order valence-corrected chi connectivity index (χ4v) is 7.10. The van der Waals surface area contributed by atoms with E-state index in [4.69, 9.17) is 20.0 Å². The molecule has 0 saturated carbocycles. The Hall–Kier alpha value is -4.65. The van der Waals surface area contributed by atoms with Gasteiger partial charge in [0.25, 0.3) is 0 Å². The van der Waals surface area contributed by atoms with Crippen LogP contribution in [0, 0.1) is 5.82 Å². The Morgan fingerprint density at radius 1 is 1.07 bits per heavy atom. The summed E-state index contributed by atoms with van der Waals surface area (Å²) in [6.07, 6.45) is 1.36. The standard InChI is InChI=1S/C33H32FN7O3S/c1-19(41-32-28(31(35)36-18-37-32)29(38-41)20-14-21(34)16-22(15-20)43-3)30-27(24-6-4-5-7-25(24)33(42)44-30)26-9-8-23(45-26)17-40-12-10-39(2)11-13-40/h4-9,14-16,18-19H,10-13,17H2,1-3H3,(H2,35,36,37). The first-order valence-corrected chi connectivity index (χ1v) is 15.5. The molecular formula is C33H32FN7O3S. The summed E-state index contributed by atoms with van der Waals surface area (Å²) >= 11 is 1.69. The Bertz CT molecular complexity index is 2100. The molecule has 6 aromatic rings. The predicted molar refractivity (Wildman–Crippen MR) is 174 cm³/mol. The van der Waals surface area contributed by atoms with Gasteiger partial charge < -0.3 is 19.8 Å². The fourth-order valence-electron chi connectivity index (χ4n) is 5.99. The number of benzene rings is 2. The largest absolute Gasteiger partial charge is 0.497 e. The molecule has 1 aliphatic rings. The maximum absolute atomic E-state index is 14.6. The summed E-state index contributed by atoms with van der Waals surface area (Å²) in [7, 11) is 3.62. The van der Waals surface area contributed by atoms with E-state index < -0.39 is 17.5 Å². The third-order valence-electron chi connectivity index (χ3n) is 8.39. The first kappa shape index (κ1) is 29.1. The Kier molecular flexibility index (Phi) is 7.56. The molecule has 1 unspecified atom stereocenters. The van der Waals surface area contributed by atoms with Crippen molar-refractivity contribution in [2.75, 3.05) is 46.1 Å². The number of rotatable bonds is 7. The van der Waals surface area contributed by atoms with Crippen LogP contribution >= 0.6 is 11.3 Å². The topological polar surface area (TPSA) is 116 Å². The second-order valence-corrected chi connectivity index (χ2v) is 12.5. The molecule has 7 rings (SSSR count). The van der Waals surface area contributed by atoms with Gasteiger partial charge in [-0.05, 0) is 44.3 Å². The van der Waals surface area contributed by atoms with E-state index >= 15 is 0 Å². The fraction of sp³-hybridized carbons (Fsp3) is 0.273. The maximum atomic E-state index is 14.6. The Balaban J connectivity index is 1.38. The number of halogens is 1. The first-order valence-electron chi connectivity index (χ1n) is 14.7. The summed E-state index contributed by atoms with van der Waals surface area (Å²) in [6.45, 7) is 6.89. The highest BCUT2D eigenvalue weighted by Gasteiger charge is 2.28. The molecule has 0 amide bonds. The molecule has 4 aromatic heterocycles. The van der Waals surface area contributed by atoms with Crippen molar-refractivity contribution in [1.82, 2.24) is 29.5 Å².